The van der Waals surface area contributed by atoms with Crippen molar-refractivity contribution in [2.75, 3.05) is 26.3 Å². The van der Waals surface area contributed by atoms with Crippen LogP contribution in [0.15, 0.2) is 36.4 Å². The molecule has 0 N–H and O–H groups in total. The van der Waals surface area contributed by atoms with Gasteiger partial charge in [0.05, 0.1) is 13.2 Å². The molecule has 0 amide bonds. The van der Waals surface area contributed by atoms with Gasteiger partial charge in [0.25, 0.3) is 0 Å². The summed E-state index contributed by atoms with van der Waals surface area (Å²) < 4.78 is 22.5. The Morgan fingerprint density at radius 2 is 1.72 bits per heavy atom. The van der Waals surface area contributed by atoms with E-state index in [1.54, 1.807) is 6.07 Å². The van der Waals surface area contributed by atoms with Crippen molar-refractivity contribution >= 4 is 16.7 Å². The van der Waals surface area contributed by atoms with Crippen molar-refractivity contribution in [1.29, 1.82) is 0 Å². The number of rotatable bonds is 2. The van der Waals surface area contributed by atoms with Gasteiger partial charge in [-0.05, 0) is 23.3 Å². The van der Waals surface area contributed by atoms with Gasteiger partial charge in [-0.1, -0.05) is 36.4 Å². The molecule has 0 aromatic heterocycles. The number of morpholine rings is 1. The SMILES string of the molecule is CC(=O)[O-].[O-]c1ccc2ccccc2c1CN1CCOCC1.[O]=[U+2]=[O]. The van der Waals surface area contributed by atoms with Crippen LogP contribution in [-0.4, -0.2) is 37.2 Å². The zero-order valence-corrected chi connectivity index (χ0v) is 18.1. The Balaban J connectivity index is 0.000000386. The van der Waals surface area contributed by atoms with Gasteiger partial charge in [-0.15, -0.1) is 5.75 Å². The number of nitrogens with zero attached hydrogens (tertiary/aromatic N) is 1. The maximum absolute atomic E-state index is 12.0. The molecule has 0 radical (unpaired) electrons. The van der Waals surface area contributed by atoms with Crippen LogP contribution in [0.4, 0.5) is 0 Å². The second-order valence-corrected chi connectivity index (χ2v) is 5.92. The van der Waals surface area contributed by atoms with E-state index in [9.17, 15) is 5.11 Å². The second kappa shape index (κ2) is 12.0. The summed E-state index contributed by atoms with van der Waals surface area (Å²) in [5, 5.41) is 23.2. The molecule has 8 heteroatoms. The first-order chi connectivity index (χ1) is 12.0. The molecule has 25 heavy (non-hydrogen) atoms. The molecule has 0 bridgehead atoms. The first-order valence-electron chi connectivity index (χ1n) is 7.64. The maximum atomic E-state index is 12.0. The zero-order chi connectivity index (χ0) is 18.7. The minimum atomic E-state index is -2.51. The molecule has 1 saturated heterocycles. The fraction of sp³-hybridized carbons (Fsp3) is 0.353. The van der Waals surface area contributed by atoms with Crippen molar-refractivity contribution in [2.45, 2.75) is 13.5 Å². The van der Waals surface area contributed by atoms with E-state index in [2.05, 4.69) is 11.0 Å². The summed E-state index contributed by atoms with van der Waals surface area (Å²) in [4.78, 5) is 11.2. The van der Waals surface area contributed by atoms with Gasteiger partial charge >= 0.3 is 32.3 Å². The number of benzene rings is 2. The molecule has 0 spiro atoms. The number of hydrogen-bond acceptors (Lipinski definition) is 7. The zero-order valence-electron chi connectivity index (χ0n) is 13.9. The summed E-state index contributed by atoms with van der Waals surface area (Å²) in [6.07, 6.45) is 0. The normalized spacial score (nSPS) is 13.6. The molecule has 2 aromatic rings. The molecule has 0 aliphatic carbocycles. The number of hydrogen-bond donors (Lipinski definition) is 0. The Labute approximate surface area is 160 Å². The van der Waals surface area contributed by atoms with E-state index in [4.69, 9.17) is 19.1 Å². The number of carboxylic acids is 1. The van der Waals surface area contributed by atoms with Crippen molar-refractivity contribution in [3.05, 3.63) is 42.0 Å². The Bertz CT molecular complexity index is 720. The Morgan fingerprint density at radius 3 is 2.32 bits per heavy atom. The van der Waals surface area contributed by atoms with Crippen molar-refractivity contribution in [1.82, 2.24) is 4.90 Å². The average Bonchev–Trinajstić information content (AvgIpc) is 2.59. The Kier molecular flexibility index (Phi) is 10.3. The van der Waals surface area contributed by atoms with Crippen LogP contribution < -0.4 is 10.2 Å². The number of carbonyl (C=O) groups is 1. The third-order valence-corrected chi connectivity index (χ3v) is 3.48. The standard InChI is InChI=1S/C15H17NO2.C2H4O2.2O.U/c17-15-6-5-12-3-1-2-4-13(12)14(15)11-16-7-9-18-10-8-16;1-2(3)4;;;/h1-6,17H,7-11H2;1H3,(H,3,4);;;/q;;;;+2/p-2. The van der Waals surface area contributed by atoms with Gasteiger partial charge < -0.3 is 19.7 Å². The van der Waals surface area contributed by atoms with Crippen molar-refractivity contribution in [3.8, 4) is 5.75 Å². The number of fused-ring (bicyclic) bond motifs is 1. The van der Waals surface area contributed by atoms with Crippen molar-refractivity contribution in [2.24, 2.45) is 0 Å². The molecule has 0 atom stereocenters. The molecule has 1 fully saturated rings. The molecule has 7 nitrogen and oxygen atoms in total. The van der Waals surface area contributed by atoms with Gasteiger partial charge in [0, 0.05) is 25.6 Å². The van der Waals surface area contributed by atoms with Gasteiger partial charge in [-0.25, -0.2) is 0 Å². The van der Waals surface area contributed by atoms with Crippen LogP contribution in [0.25, 0.3) is 10.8 Å². The van der Waals surface area contributed by atoms with Crippen LogP contribution in [0.5, 0.6) is 5.75 Å². The van der Waals surface area contributed by atoms with Crippen LogP contribution in [0.2, 0.25) is 0 Å². The third kappa shape index (κ3) is 7.97. The first-order valence-corrected chi connectivity index (χ1v) is 11.0. The Morgan fingerprint density at radius 1 is 1.16 bits per heavy atom. The summed E-state index contributed by atoms with van der Waals surface area (Å²) in [5.74, 6) is -0.944. The quantitative estimate of drug-likeness (QED) is 0.509. The van der Waals surface area contributed by atoms with Gasteiger partial charge in [0.1, 0.15) is 0 Å². The summed E-state index contributed by atoms with van der Waals surface area (Å²) in [7, 11) is 0. The Hall–Kier alpha value is -1.46. The van der Waals surface area contributed by atoms with E-state index < -0.39 is 33.8 Å². The van der Waals surface area contributed by atoms with Gasteiger partial charge in [-0.2, -0.15) is 0 Å². The molecular weight excluding hydrogens is 552 g/mol. The predicted molar refractivity (Wildman–Crippen MR) is 81.5 cm³/mol. The molecule has 0 unspecified atom stereocenters. The fourth-order valence-corrected chi connectivity index (χ4v) is 2.46. The van der Waals surface area contributed by atoms with Crippen LogP contribution in [0, 0.1) is 27.8 Å². The molecule has 1 heterocycles. The number of aliphatic carboxylic acids is 1. The molecule has 1 aliphatic rings. The average molecular weight is 571 g/mol. The van der Waals surface area contributed by atoms with Crippen molar-refractivity contribution in [3.63, 3.8) is 0 Å². The van der Waals surface area contributed by atoms with Crippen LogP contribution >= 0.6 is 0 Å². The minimum absolute atomic E-state index is 0.139. The second-order valence-electron chi connectivity index (χ2n) is 5.23. The summed E-state index contributed by atoms with van der Waals surface area (Å²) >= 11 is -2.51. The molecule has 0 saturated carbocycles. The third-order valence-electron chi connectivity index (χ3n) is 3.48. The molecule has 132 valence electrons. The predicted octanol–water partition coefficient (Wildman–Crippen LogP) is 0.264. The van der Waals surface area contributed by atoms with E-state index >= 15 is 0 Å². The molecule has 1 aliphatic heterocycles. The number of carboxylic acid groups (broad SMARTS) is 1. The van der Waals surface area contributed by atoms with E-state index in [-0.39, 0.29) is 5.75 Å². The van der Waals surface area contributed by atoms with Crippen molar-refractivity contribution < 1.29 is 52.0 Å². The molecular formula is C17H19NO6U. The van der Waals surface area contributed by atoms with Crippen LogP contribution in [0.3, 0.4) is 0 Å². The molecule has 2 aromatic carbocycles. The van der Waals surface area contributed by atoms with E-state index in [1.807, 2.05) is 24.3 Å². The van der Waals surface area contributed by atoms with E-state index in [0.29, 0.717) is 0 Å². The number of carbonyl (C=O) groups excluding carboxylic acids is 1. The van der Waals surface area contributed by atoms with Gasteiger partial charge in [-0.3, -0.25) is 4.90 Å². The van der Waals surface area contributed by atoms with Gasteiger partial charge in [0.2, 0.25) is 0 Å². The van der Waals surface area contributed by atoms with E-state index in [0.717, 1.165) is 56.1 Å². The van der Waals surface area contributed by atoms with E-state index in [1.165, 1.54) is 0 Å². The summed E-state index contributed by atoms with van der Waals surface area (Å²) in [5.41, 5.74) is 0.912. The summed E-state index contributed by atoms with van der Waals surface area (Å²) in [6.45, 7) is 5.03. The van der Waals surface area contributed by atoms with Crippen LogP contribution in [-0.2, 0) is 20.5 Å². The topological polar surface area (TPSA) is 110 Å². The van der Waals surface area contributed by atoms with Gasteiger partial charge in [0.15, 0.2) is 0 Å². The van der Waals surface area contributed by atoms with Crippen LogP contribution in [0.1, 0.15) is 12.5 Å². The summed E-state index contributed by atoms with van der Waals surface area (Å²) in [6, 6.07) is 11.7. The monoisotopic (exact) mass is 571 g/mol. The molecule has 3 rings (SSSR count). The fourth-order valence-electron chi connectivity index (χ4n) is 2.46. The first kappa shape index (κ1) is 21.6. The number of ether oxygens (including phenoxy) is 1.